The molecule has 0 aliphatic heterocycles. The van der Waals surface area contributed by atoms with Crippen LogP contribution in [0.2, 0.25) is 5.02 Å². The van der Waals surface area contributed by atoms with Crippen LogP contribution in [0.5, 0.6) is 0 Å². The molecule has 0 aromatic heterocycles. The predicted molar refractivity (Wildman–Crippen MR) is 82.6 cm³/mol. The first-order chi connectivity index (χ1) is 9.99. The van der Waals surface area contributed by atoms with Gasteiger partial charge in [-0.05, 0) is 36.3 Å². The zero-order chi connectivity index (χ0) is 15.4. The van der Waals surface area contributed by atoms with E-state index in [0.717, 1.165) is 11.1 Å². The number of nitro groups is 1. The van der Waals surface area contributed by atoms with Crippen LogP contribution in [0.15, 0.2) is 48.5 Å². The number of hydrogen-bond acceptors (Lipinski definition) is 3. The molecule has 0 saturated heterocycles. The van der Waals surface area contributed by atoms with E-state index in [1.165, 1.54) is 24.3 Å². The topological polar surface area (TPSA) is 60.2 Å². The third-order valence-corrected chi connectivity index (χ3v) is 3.35. The van der Waals surface area contributed by atoms with E-state index < -0.39 is 4.92 Å². The lowest BCUT2D eigenvalue weighted by atomic mass is 10.1. The summed E-state index contributed by atoms with van der Waals surface area (Å²) in [6.45, 7) is 1.94. The fourth-order valence-corrected chi connectivity index (χ4v) is 2.03. The van der Waals surface area contributed by atoms with E-state index >= 15 is 0 Å². The number of nitro benzene ring substituents is 1. The Bertz CT molecular complexity index is 738. The number of carbonyl (C=O) groups excluding carboxylic acids is 1. The van der Waals surface area contributed by atoms with Gasteiger partial charge in [-0.2, -0.15) is 0 Å². The molecule has 0 heterocycles. The van der Waals surface area contributed by atoms with Crippen LogP contribution in [-0.2, 0) is 0 Å². The molecule has 0 amide bonds. The number of benzene rings is 2. The van der Waals surface area contributed by atoms with Gasteiger partial charge in [0, 0.05) is 11.6 Å². The SMILES string of the molecule is Cc1ccccc1/C=C/C(=O)c1ccc(Cl)c([N+](=O)[O-])c1. The Morgan fingerprint density at radius 1 is 1.24 bits per heavy atom. The Morgan fingerprint density at radius 3 is 2.62 bits per heavy atom. The van der Waals surface area contributed by atoms with Crippen molar-refractivity contribution in [2.45, 2.75) is 6.92 Å². The summed E-state index contributed by atoms with van der Waals surface area (Å²) in [5, 5.41) is 10.8. The number of allylic oxidation sites excluding steroid dienone is 1. The molecule has 2 aromatic rings. The molecule has 0 unspecified atom stereocenters. The summed E-state index contributed by atoms with van der Waals surface area (Å²) < 4.78 is 0. The molecule has 21 heavy (non-hydrogen) atoms. The Kier molecular flexibility index (Phi) is 4.50. The number of hydrogen-bond donors (Lipinski definition) is 0. The van der Waals surface area contributed by atoms with Crippen molar-refractivity contribution in [1.82, 2.24) is 0 Å². The first-order valence-electron chi connectivity index (χ1n) is 6.21. The van der Waals surface area contributed by atoms with Gasteiger partial charge >= 0.3 is 0 Å². The van der Waals surface area contributed by atoms with Crippen molar-refractivity contribution in [3.05, 3.63) is 80.4 Å². The molecule has 0 spiro atoms. The average molecular weight is 302 g/mol. The Balaban J connectivity index is 2.27. The maximum absolute atomic E-state index is 12.1. The molecule has 2 rings (SSSR count). The molecule has 2 aromatic carbocycles. The third kappa shape index (κ3) is 3.55. The van der Waals surface area contributed by atoms with Gasteiger partial charge in [0.15, 0.2) is 5.78 Å². The second kappa shape index (κ2) is 6.33. The molecule has 0 radical (unpaired) electrons. The minimum atomic E-state index is -0.607. The second-order valence-corrected chi connectivity index (χ2v) is 4.88. The average Bonchev–Trinajstić information content (AvgIpc) is 2.46. The number of ketones is 1. The van der Waals surface area contributed by atoms with E-state index in [4.69, 9.17) is 11.6 Å². The number of rotatable bonds is 4. The molecule has 106 valence electrons. The molecule has 0 fully saturated rings. The molecule has 0 bridgehead atoms. The van der Waals surface area contributed by atoms with Crippen LogP contribution in [0, 0.1) is 17.0 Å². The second-order valence-electron chi connectivity index (χ2n) is 4.48. The molecule has 4 nitrogen and oxygen atoms in total. The monoisotopic (exact) mass is 301 g/mol. The van der Waals surface area contributed by atoms with Gasteiger partial charge in [-0.3, -0.25) is 14.9 Å². The summed E-state index contributed by atoms with van der Waals surface area (Å²) >= 11 is 5.72. The molecular formula is C16H12ClNO3. The maximum Gasteiger partial charge on any atom is 0.288 e. The van der Waals surface area contributed by atoms with Crippen molar-refractivity contribution in [2.75, 3.05) is 0 Å². The normalized spacial score (nSPS) is 10.8. The minimum absolute atomic E-state index is 0.0134. The van der Waals surface area contributed by atoms with Crippen molar-refractivity contribution in [1.29, 1.82) is 0 Å². The molecule has 0 aliphatic rings. The van der Waals surface area contributed by atoms with Crippen LogP contribution in [-0.4, -0.2) is 10.7 Å². The first-order valence-corrected chi connectivity index (χ1v) is 6.59. The fraction of sp³-hybridized carbons (Fsp3) is 0.0625. The fourth-order valence-electron chi connectivity index (χ4n) is 1.84. The van der Waals surface area contributed by atoms with Crippen molar-refractivity contribution in [3.63, 3.8) is 0 Å². The molecule has 5 heteroatoms. The smallest absolute Gasteiger partial charge is 0.288 e. The van der Waals surface area contributed by atoms with Gasteiger partial charge in [0.05, 0.1) is 4.92 Å². The minimum Gasteiger partial charge on any atom is -0.289 e. The van der Waals surface area contributed by atoms with Crippen LogP contribution in [0.4, 0.5) is 5.69 Å². The summed E-state index contributed by atoms with van der Waals surface area (Å²) in [6.07, 6.45) is 3.09. The van der Waals surface area contributed by atoms with Crippen molar-refractivity contribution in [2.24, 2.45) is 0 Å². The highest BCUT2D eigenvalue weighted by atomic mass is 35.5. The maximum atomic E-state index is 12.1. The predicted octanol–water partition coefficient (Wildman–Crippen LogP) is 4.45. The Labute approximate surface area is 126 Å². The van der Waals surface area contributed by atoms with Gasteiger partial charge in [0.2, 0.25) is 0 Å². The van der Waals surface area contributed by atoms with E-state index in [0.29, 0.717) is 0 Å². The summed E-state index contributed by atoms with van der Waals surface area (Å²) in [6, 6.07) is 11.6. The number of carbonyl (C=O) groups is 1. The highest BCUT2D eigenvalue weighted by molar-refractivity contribution is 6.32. The molecule has 0 atom stereocenters. The molecule has 0 saturated carbocycles. The molecule has 0 aliphatic carbocycles. The summed E-state index contributed by atoms with van der Waals surface area (Å²) in [5.74, 6) is -0.307. The van der Waals surface area contributed by atoms with Gasteiger partial charge in [-0.15, -0.1) is 0 Å². The van der Waals surface area contributed by atoms with E-state index in [1.54, 1.807) is 6.08 Å². The number of halogens is 1. The van der Waals surface area contributed by atoms with Crippen LogP contribution in [0.1, 0.15) is 21.5 Å². The van der Waals surface area contributed by atoms with Crippen LogP contribution >= 0.6 is 11.6 Å². The highest BCUT2D eigenvalue weighted by Crippen LogP contribution is 2.25. The van der Waals surface area contributed by atoms with Crippen molar-refractivity contribution >= 4 is 29.1 Å². The lowest BCUT2D eigenvalue weighted by molar-refractivity contribution is -0.384. The van der Waals surface area contributed by atoms with E-state index in [-0.39, 0.29) is 22.1 Å². The van der Waals surface area contributed by atoms with Gasteiger partial charge in [-0.25, -0.2) is 0 Å². The summed E-state index contributed by atoms with van der Waals surface area (Å²) in [5.41, 5.74) is 1.93. The third-order valence-electron chi connectivity index (χ3n) is 3.03. The molecule has 0 N–H and O–H groups in total. The summed E-state index contributed by atoms with van der Waals surface area (Å²) in [7, 11) is 0. The zero-order valence-corrected chi connectivity index (χ0v) is 12.0. The van der Waals surface area contributed by atoms with Crippen LogP contribution in [0.25, 0.3) is 6.08 Å². The largest absolute Gasteiger partial charge is 0.289 e. The van der Waals surface area contributed by atoms with Crippen LogP contribution < -0.4 is 0 Å². The van der Waals surface area contributed by atoms with Gasteiger partial charge in [0.1, 0.15) is 5.02 Å². The lowest BCUT2D eigenvalue weighted by Crippen LogP contribution is -1.97. The van der Waals surface area contributed by atoms with Crippen molar-refractivity contribution < 1.29 is 9.72 Å². The van der Waals surface area contributed by atoms with Gasteiger partial charge in [-0.1, -0.05) is 41.9 Å². The lowest BCUT2D eigenvalue weighted by Gasteiger charge is -2.00. The first kappa shape index (κ1) is 14.9. The standard InChI is InChI=1S/C16H12ClNO3/c1-11-4-2-3-5-12(11)7-9-16(19)13-6-8-14(17)15(10-13)18(20)21/h2-10H,1H3/b9-7+. The van der Waals surface area contributed by atoms with Crippen molar-refractivity contribution in [3.8, 4) is 0 Å². The van der Waals surface area contributed by atoms with Gasteiger partial charge < -0.3 is 0 Å². The zero-order valence-electron chi connectivity index (χ0n) is 11.2. The van der Waals surface area contributed by atoms with E-state index in [9.17, 15) is 14.9 Å². The highest BCUT2D eigenvalue weighted by Gasteiger charge is 2.14. The van der Waals surface area contributed by atoms with Gasteiger partial charge in [0.25, 0.3) is 5.69 Å². The number of nitrogens with zero attached hydrogens (tertiary/aromatic N) is 1. The van der Waals surface area contributed by atoms with E-state index in [1.807, 2.05) is 31.2 Å². The Hall–Kier alpha value is -2.46. The Morgan fingerprint density at radius 2 is 1.95 bits per heavy atom. The quantitative estimate of drug-likeness (QED) is 0.363. The number of aryl methyl sites for hydroxylation is 1. The van der Waals surface area contributed by atoms with Crippen LogP contribution in [0.3, 0.4) is 0 Å². The summed E-state index contributed by atoms with van der Waals surface area (Å²) in [4.78, 5) is 22.3. The van der Waals surface area contributed by atoms with E-state index in [2.05, 4.69) is 0 Å². The molecular weight excluding hydrogens is 290 g/mol.